The lowest BCUT2D eigenvalue weighted by molar-refractivity contribution is 0.0593. The summed E-state index contributed by atoms with van der Waals surface area (Å²) < 4.78 is 7.01. The number of aryl methyl sites for hydroxylation is 2. The van der Waals surface area contributed by atoms with Crippen LogP contribution in [0.2, 0.25) is 0 Å². The van der Waals surface area contributed by atoms with Crippen molar-refractivity contribution in [2.24, 2.45) is 5.92 Å². The van der Waals surface area contributed by atoms with Crippen LogP contribution in [0.25, 0.3) is 0 Å². The van der Waals surface area contributed by atoms with Crippen LogP contribution in [0, 0.1) is 19.8 Å². The van der Waals surface area contributed by atoms with E-state index in [0.29, 0.717) is 18.4 Å². The summed E-state index contributed by atoms with van der Waals surface area (Å²) in [5.74, 6) is 2.45. The van der Waals surface area contributed by atoms with Crippen molar-refractivity contribution in [3.63, 3.8) is 0 Å². The van der Waals surface area contributed by atoms with Gasteiger partial charge < -0.3 is 14.2 Å². The first kappa shape index (κ1) is 17.3. The lowest BCUT2D eigenvalue weighted by atomic mass is 10.0. The SMILES string of the molecule is COC(=O)c1cc(C)nc(N2Cc3nnc(C)n3[C@@H](CC(C)C)C2)n1. The van der Waals surface area contributed by atoms with Gasteiger partial charge in [0, 0.05) is 12.2 Å². The molecule has 134 valence electrons. The van der Waals surface area contributed by atoms with Crippen LogP contribution in [0.5, 0.6) is 0 Å². The molecule has 2 aromatic rings. The van der Waals surface area contributed by atoms with Crippen LogP contribution < -0.4 is 4.90 Å². The van der Waals surface area contributed by atoms with Crippen molar-refractivity contribution in [1.29, 1.82) is 0 Å². The van der Waals surface area contributed by atoms with Gasteiger partial charge in [0.25, 0.3) is 0 Å². The summed E-state index contributed by atoms with van der Waals surface area (Å²) in [5.41, 5.74) is 1.00. The fourth-order valence-electron chi connectivity index (χ4n) is 3.35. The molecule has 0 aromatic carbocycles. The van der Waals surface area contributed by atoms with E-state index < -0.39 is 5.97 Å². The molecule has 0 amide bonds. The zero-order valence-electron chi connectivity index (χ0n) is 15.4. The summed E-state index contributed by atoms with van der Waals surface area (Å²) in [4.78, 5) is 22.8. The molecule has 0 radical (unpaired) electrons. The van der Waals surface area contributed by atoms with E-state index in [0.717, 1.165) is 30.3 Å². The predicted molar refractivity (Wildman–Crippen MR) is 92.4 cm³/mol. The highest BCUT2D eigenvalue weighted by molar-refractivity contribution is 5.87. The van der Waals surface area contributed by atoms with E-state index in [9.17, 15) is 4.79 Å². The van der Waals surface area contributed by atoms with Crippen LogP contribution in [0.1, 0.15) is 54.1 Å². The zero-order chi connectivity index (χ0) is 18.1. The summed E-state index contributed by atoms with van der Waals surface area (Å²) >= 11 is 0. The first-order chi connectivity index (χ1) is 11.9. The molecule has 1 aliphatic rings. The number of carbonyl (C=O) groups is 1. The molecule has 1 atom stereocenters. The van der Waals surface area contributed by atoms with Gasteiger partial charge in [0.15, 0.2) is 11.5 Å². The van der Waals surface area contributed by atoms with Crippen molar-refractivity contribution in [3.8, 4) is 0 Å². The fourth-order valence-corrected chi connectivity index (χ4v) is 3.35. The number of aromatic nitrogens is 5. The van der Waals surface area contributed by atoms with Crippen molar-refractivity contribution < 1.29 is 9.53 Å². The number of fused-ring (bicyclic) bond motifs is 1. The fraction of sp³-hybridized carbons (Fsp3) is 0.588. The lowest BCUT2D eigenvalue weighted by Gasteiger charge is -2.35. The molecule has 0 N–H and O–H groups in total. The van der Waals surface area contributed by atoms with Gasteiger partial charge in [-0.25, -0.2) is 14.8 Å². The highest BCUT2D eigenvalue weighted by Crippen LogP contribution is 2.29. The molecular weight excluding hydrogens is 320 g/mol. The molecule has 3 rings (SSSR count). The Balaban J connectivity index is 1.96. The number of methoxy groups -OCH3 is 1. The molecule has 25 heavy (non-hydrogen) atoms. The molecule has 0 spiro atoms. The number of hydrogen-bond acceptors (Lipinski definition) is 7. The van der Waals surface area contributed by atoms with Crippen molar-refractivity contribution in [2.75, 3.05) is 18.6 Å². The highest BCUT2D eigenvalue weighted by atomic mass is 16.5. The van der Waals surface area contributed by atoms with Crippen molar-refractivity contribution in [1.82, 2.24) is 24.7 Å². The van der Waals surface area contributed by atoms with Crippen molar-refractivity contribution in [2.45, 2.75) is 46.7 Å². The van der Waals surface area contributed by atoms with Gasteiger partial charge in [-0.15, -0.1) is 10.2 Å². The number of carbonyl (C=O) groups excluding carboxylic acids is 1. The third kappa shape index (κ3) is 3.47. The second-order valence-electron chi connectivity index (χ2n) is 6.88. The highest BCUT2D eigenvalue weighted by Gasteiger charge is 2.30. The molecule has 0 saturated heterocycles. The molecular formula is C17H24N6O2. The first-order valence-electron chi connectivity index (χ1n) is 8.48. The molecule has 2 aromatic heterocycles. The van der Waals surface area contributed by atoms with E-state index in [-0.39, 0.29) is 11.7 Å². The standard InChI is InChI=1S/C17H24N6O2/c1-10(2)6-13-8-22(9-15-21-20-12(4)23(13)15)17-18-11(3)7-14(19-17)16(24)25-5/h7,10,13H,6,8-9H2,1-5H3/t13-/m0/s1. The second kappa shape index (κ2) is 6.78. The number of hydrogen-bond donors (Lipinski definition) is 0. The van der Waals surface area contributed by atoms with Gasteiger partial charge in [0.1, 0.15) is 5.82 Å². The van der Waals surface area contributed by atoms with Gasteiger partial charge in [-0.05, 0) is 32.3 Å². The Labute approximate surface area is 147 Å². The third-order valence-corrected chi connectivity index (χ3v) is 4.33. The molecule has 0 fully saturated rings. The topological polar surface area (TPSA) is 86.0 Å². The second-order valence-corrected chi connectivity index (χ2v) is 6.88. The predicted octanol–water partition coefficient (Wildman–Crippen LogP) is 2.08. The maximum Gasteiger partial charge on any atom is 0.356 e. The molecule has 0 unspecified atom stereocenters. The maximum atomic E-state index is 11.9. The number of rotatable bonds is 4. The molecule has 0 saturated carbocycles. The number of esters is 1. The normalized spacial score (nSPS) is 16.9. The summed E-state index contributed by atoms with van der Waals surface area (Å²) in [5, 5.41) is 8.54. The Morgan fingerprint density at radius 2 is 2.08 bits per heavy atom. The average molecular weight is 344 g/mol. The van der Waals surface area contributed by atoms with Crippen LogP contribution in [0.15, 0.2) is 6.07 Å². The van der Waals surface area contributed by atoms with Crippen LogP contribution in [0.3, 0.4) is 0 Å². The minimum absolute atomic E-state index is 0.254. The van der Waals surface area contributed by atoms with E-state index in [2.05, 4.69) is 43.5 Å². The largest absolute Gasteiger partial charge is 0.464 e. The van der Waals surface area contributed by atoms with Gasteiger partial charge in [-0.2, -0.15) is 0 Å². The molecule has 3 heterocycles. The maximum absolute atomic E-state index is 11.9. The van der Waals surface area contributed by atoms with Crippen LogP contribution >= 0.6 is 0 Å². The Bertz CT molecular complexity index is 785. The van der Waals surface area contributed by atoms with Gasteiger partial charge in [-0.3, -0.25) is 0 Å². The number of anilines is 1. The van der Waals surface area contributed by atoms with E-state index in [4.69, 9.17) is 4.74 Å². The summed E-state index contributed by atoms with van der Waals surface area (Å²) in [7, 11) is 1.35. The minimum atomic E-state index is -0.457. The Morgan fingerprint density at radius 3 is 2.76 bits per heavy atom. The average Bonchev–Trinajstić information content (AvgIpc) is 2.94. The molecule has 8 heteroatoms. The van der Waals surface area contributed by atoms with Gasteiger partial charge in [0.2, 0.25) is 5.95 Å². The molecule has 0 bridgehead atoms. The van der Waals surface area contributed by atoms with E-state index in [1.807, 2.05) is 13.8 Å². The van der Waals surface area contributed by atoms with Gasteiger partial charge in [-0.1, -0.05) is 13.8 Å². The zero-order valence-corrected chi connectivity index (χ0v) is 15.4. The summed E-state index contributed by atoms with van der Waals surface area (Å²) in [6.45, 7) is 9.57. The molecule has 1 aliphatic heterocycles. The monoisotopic (exact) mass is 344 g/mol. The van der Waals surface area contributed by atoms with Crippen molar-refractivity contribution >= 4 is 11.9 Å². The van der Waals surface area contributed by atoms with Gasteiger partial charge >= 0.3 is 5.97 Å². The summed E-state index contributed by atoms with van der Waals surface area (Å²) in [6, 6.07) is 1.89. The minimum Gasteiger partial charge on any atom is -0.464 e. The van der Waals surface area contributed by atoms with E-state index >= 15 is 0 Å². The van der Waals surface area contributed by atoms with Crippen LogP contribution in [-0.2, 0) is 11.3 Å². The molecule has 0 aliphatic carbocycles. The smallest absolute Gasteiger partial charge is 0.356 e. The Hall–Kier alpha value is -2.51. The van der Waals surface area contributed by atoms with Crippen molar-refractivity contribution in [3.05, 3.63) is 29.1 Å². The van der Waals surface area contributed by atoms with E-state index in [1.165, 1.54) is 7.11 Å². The first-order valence-corrected chi connectivity index (χ1v) is 8.48. The van der Waals surface area contributed by atoms with Crippen LogP contribution in [0.4, 0.5) is 5.95 Å². The van der Waals surface area contributed by atoms with Gasteiger partial charge in [0.05, 0.1) is 19.7 Å². The van der Waals surface area contributed by atoms with E-state index in [1.54, 1.807) is 6.07 Å². The Kier molecular flexibility index (Phi) is 4.69. The quantitative estimate of drug-likeness (QED) is 0.785. The molecule has 8 nitrogen and oxygen atoms in total. The lowest BCUT2D eigenvalue weighted by Crippen LogP contribution is -2.39. The summed E-state index contributed by atoms with van der Waals surface area (Å²) in [6.07, 6.45) is 1.01. The third-order valence-electron chi connectivity index (χ3n) is 4.33. The Morgan fingerprint density at radius 1 is 1.32 bits per heavy atom. The number of nitrogens with zero attached hydrogens (tertiary/aromatic N) is 6. The number of ether oxygens (including phenoxy) is 1. The van der Waals surface area contributed by atoms with Crippen LogP contribution in [-0.4, -0.2) is 44.4 Å².